The molecule has 0 bridgehead atoms. The second kappa shape index (κ2) is 6.39. The van der Waals surface area contributed by atoms with Crippen LogP contribution in [0.2, 0.25) is 0 Å². The number of hydrogen-bond acceptors (Lipinski definition) is 3. The number of hydrogen-bond donors (Lipinski definition) is 1. The van der Waals surface area contributed by atoms with Crippen molar-refractivity contribution in [3.63, 3.8) is 0 Å². The fourth-order valence-corrected chi connectivity index (χ4v) is 2.44. The number of imide groups is 1. The van der Waals surface area contributed by atoms with Crippen molar-refractivity contribution in [1.29, 1.82) is 0 Å². The number of anilines is 1. The van der Waals surface area contributed by atoms with Gasteiger partial charge in [-0.1, -0.05) is 36.4 Å². The van der Waals surface area contributed by atoms with Gasteiger partial charge in [0.05, 0.1) is 11.6 Å². The first-order chi connectivity index (χ1) is 11.1. The van der Waals surface area contributed by atoms with E-state index in [4.69, 9.17) is 0 Å². The summed E-state index contributed by atoms with van der Waals surface area (Å²) >= 11 is 0. The lowest BCUT2D eigenvalue weighted by molar-refractivity contribution is -0.129. The van der Waals surface area contributed by atoms with Gasteiger partial charge < -0.3 is 5.32 Å². The summed E-state index contributed by atoms with van der Waals surface area (Å²) in [5.74, 6) is -1.13. The average Bonchev–Trinajstić information content (AvgIpc) is 2.55. The van der Waals surface area contributed by atoms with E-state index in [1.807, 2.05) is 18.2 Å². The van der Waals surface area contributed by atoms with E-state index in [0.717, 1.165) is 4.90 Å². The quantitative estimate of drug-likeness (QED) is 0.925. The second-order valence-electron chi connectivity index (χ2n) is 5.20. The third-order valence-electron chi connectivity index (χ3n) is 3.61. The molecule has 1 aromatic rings. The topological polar surface area (TPSA) is 78.8 Å². The van der Waals surface area contributed by atoms with E-state index < -0.39 is 11.9 Å². The molecule has 116 valence electrons. The molecular weight excluding hydrogens is 294 g/mol. The Labute approximate surface area is 133 Å². The lowest BCUT2D eigenvalue weighted by Gasteiger charge is -2.28. The van der Waals surface area contributed by atoms with Crippen LogP contribution in [0.4, 0.5) is 10.5 Å². The van der Waals surface area contributed by atoms with Crippen LogP contribution in [0.3, 0.4) is 0 Å². The average molecular weight is 309 g/mol. The van der Waals surface area contributed by atoms with Crippen LogP contribution in [0.1, 0.15) is 6.42 Å². The van der Waals surface area contributed by atoms with Crippen LogP contribution in [0.5, 0.6) is 0 Å². The highest BCUT2D eigenvalue weighted by molar-refractivity contribution is 6.21. The normalized spacial score (nSPS) is 19.4. The maximum Gasteiger partial charge on any atom is 0.350 e. The molecular formula is C17H15N3O3. The largest absolute Gasteiger partial charge is 0.350 e. The molecule has 0 fully saturated rings. The van der Waals surface area contributed by atoms with Crippen LogP contribution in [-0.2, 0) is 9.59 Å². The molecule has 1 N–H and O–H groups in total. The summed E-state index contributed by atoms with van der Waals surface area (Å²) < 4.78 is 0. The highest BCUT2D eigenvalue weighted by Crippen LogP contribution is 2.19. The zero-order valence-corrected chi connectivity index (χ0v) is 12.3. The number of fused-ring (bicyclic) bond motifs is 1. The summed E-state index contributed by atoms with van der Waals surface area (Å²) in [5, 5.41) is 2.72. The van der Waals surface area contributed by atoms with Gasteiger partial charge in [-0.05, 0) is 18.2 Å². The molecule has 0 saturated heterocycles. The number of urea groups is 1. The maximum atomic E-state index is 12.3. The van der Waals surface area contributed by atoms with Gasteiger partial charge in [-0.25, -0.2) is 4.79 Å². The van der Waals surface area contributed by atoms with E-state index in [9.17, 15) is 14.4 Å². The molecule has 2 aliphatic rings. The Morgan fingerprint density at radius 1 is 1.17 bits per heavy atom. The minimum Gasteiger partial charge on any atom is -0.326 e. The van der Waals surface area contributed by atoms with Crippen LogP contribution < -0.4 is 5.32 Å². The van der Waals surface area contributed by atoms with E-state index in [-0.39, 0.29) is 24.8 Å². The molecule has 1 atom stereocenters. The van der Waals surface area contributed by atoms with Crippen molar-refractivity contribution in [2.24, 2.45) is 10.9 Å². The van der Waals surface area contributed by atoms with Crippen LogP contribution in [0.25, 0.3) is 0 Å². The number of para-hydroxylation sites is 1. The lowest BCUT2D eigenvalue weighted by Crippen LogP contribution is -2.46. The Hall–Kier alpha value is -3.02. The first-order valence-electron chi connectivity index (χ1n) is 7.29. The summed E-state index contributed by atoms with van der Waals surface area (Å²) in [6.45, 7) is 0.0150. The predicted molar refractivity (Wildman–Crippen MR) is 86.0 cm³/mol. The van der Waals surface area contributed by atoms with E-state index >= 15 is 0 Å². The van der Waals surface area contributed by atoms with Crippen molar-refractivity contribution in [2.75, 3.05) is 11.9 Å². The van der Waals surface area contributed by atoms with Gasteiger partial charge in [0.2, 0.25) is 11.8 Å². The van der Waals surface area contributed by atoms with Gasteiger partial charge >= 0.3 is 6.03 Å². The number of carbonyl (C=O) groups excluding carboxylic acids is 3. The van der Waals surface area contributed by atoms with Crippen LogP contribution in [0.15, 0.2) is 59.6 Å². The molecule has 1 aliphatic carbocycles. The van der Waals surface area contributed by atoms with Crippen LogP contribution in [0, 0.1) is 5.92 Å². The minimum absolute atomic E-state index is 0.0150. The molecule has 1 aliphatic heterocycles. The Bertz CT molecular complexity index is 735. The zero-order chi connectivity index (χ0) is 16.2. The molecule has 0 radical (unpaired) electrons. The van der Waals surface area contributed by atoms with Crippen molar-refractivity contribution >= 4 is 29.2 Å². The molecule has 3 rings (SSSR count). The highest BCUT2D eigenvalue weighted by atomic mass is 16.2. The first-order valence-corrected chi connectivity index (χ1v) is 7.29. The molecule has 0 saturated carbocycles. The Morgan fingerprint density at radius 2 is 1.96 bits per heavy atom. The molecule has 1 aromatic carbocycles. The number of carbonyl (C=O) groups is 3. The van der Waals surface area contributed by atoms with Gasteiger partial charge in [0.25, 0.3) is 0 Å². The molecule has 23 heavy (non-hydrogen) atoms. The number of aliphatic imine (C=N–C) groups is 1. The van der Waals surface area contributed by atoms with E-state index in [1.54, 1.807) is 36.4 Å². The van der Waals surface area contributed by atoms with Crippen molar-refractivity contribution in [3.05, 3.63) is 54.6 Å². The SMILES string of the molecule is O=C(CCN1C(=O)N=C2C=CC=CC2C1=O)Nc1ccccc1. The lowest BCUT2D eigenvalue weighted by atomic mass is 9.95. The third-order valence-corrected chi connectivity index (χ3v) is 3.61. The standard InChI is InChI=1S/C17H15N3O3/c21-15(18-12-6-2-1-3-7-12)10-11-20-16(22)13-8-4-5-9-14(13)19-17(20)23/h1-9,13H,10-11H2,(H,18,21). The van der Waals surface area contributed by atoms with Crippen LogP contribution >= 0.6 is 0 Å². The molecule has 6 heteroatoms. The molecule has 6 nitrogen and oxygen atoms in total. The minimum atomic E-state index is -0.617. The summed E-state index contributed by atoms with van der Waals surface area (Å²) in [7, 11) is 0. The summed E-state index contributed by atoms with van der Waals surface area (Å²) in [5.41, 5.74) is 1.13. The van der Waals surface area contributed by atoms with E-state index in [0.29, 0.717) is 11.4 Å². The zero-order valence-electron chi connectivity index (χ0n) is 12.3. The monoisotopic (exact) mass is 309 g/mol. The van der Waals surface area contributed by atoms with E-state index in [2.05, 4.69) is 10.3 Å². The fraction of sp³-hybridized carbons (Fsp3) is 0.176. The predicted octanol–water partition coefficient (Wildman–Crippen LogP) is 2.16. The van der Waals surface area contributed by atoms with Crippen LogP contribution in [-0.4, -0.2) is 35.0 Å². The summed E-state index contributed by atoms with van der Waals surface area (Å²) in [4.78, 5) is 41.2. The van der Waals surface area contributed by atoms with Gasteiger partial charge in [-0.2, -0.15) is 4.99 Å². The molecule has 0 aromatic heterocycles. The van der Waals surface area contributed by atoms with Crippen molar-refractivity contribution < 1.29 is 14.4 Å². The number of allylic oxidation sites excluding steroid dienone is 3. The number of nitrogens with zero attached hydrogens (tertiary/aromatic N) is 2. The van der Waals surface area contributed by atoms with Crippen molar-refractivity contribution in [2.45, 2.75) is 6.42 Å². The Morgan fingerprint density at radius 3 is 2.74 bits per heavy atom. The Kier molecular flexibility index (Phi) is 4.14. The summed E-state index contributed by atoms with van der Waals surface area (Å²) in [6, 6.07) is 8.39. The smallest absolute Gasteiger partial charge is 0.326 e. The first kappa shape index (κ1) is 14.9. The van der Waals surface area contributed by atoms with Crippen molar-refractivity contribution in [1.82, 2.24) is 4.90 Å². The molecule has 1 heterocycles. The number of benzene rings is 1. The summed E-state index contributed by atoms with van der Waals surface area (Å²) in [6.07, 6.45) is 6.87. The van der Waals surface area contributed by atoms with E-state index in [1.165, 1.54) is 0 Å². The van der Waals surface area contributed by atoms with Gasteiger partial charge in [-0.15, -0.1) is 0 Å². The molecule has 1 unspecified atom stereocenters. The third kappa shape index (κ3) is 3.26. The Balaban J connectivity index is 1.62. The number of nitrogens with one attached hydrogen (secondary N) is 1. The number of rotatable bonds is 4. The fourth-order valence-electron chi connectivity index (χ4n) is 2.44. The maximum absolute atomic E-state index is 12.3. The highest BCUT2D eigenvalue weighted by Gasteiger charge is 2.35. The van der Waals surface area contributed by atoms with Gasteiger partial charge in [0.1, 0.15) is 0 Å². The molecule has 0 spiro atoms. The van der Waals surface area contributed by atoms with Gasteiger partial charge in [-0.3, -0.25) is 14.5 Å². The van der Waals surface area contributed by atoms with Gasteiger partial charge in [0.15, 0.2) is 0 Å². The van der Waals surface area contributed by atoms with Gasteiger partial charge in [0, 0.05) is 18.7 Å². The number of amides is 4. The second-order valence-corrected chi connectivity index (χ2v) is 5.20. The van der Waals surface area contributed by atoms with Crippen molar-refractivity contribution in [3.8, 4) is 0 Å². The molecule has 4 amide bonds.